The van der Waals surface area contributed by atoms with Crippen molar-refractivity contribution < 1.29 is 24.2 Å². The van der Waals surface area contributed by atoms with Gasteiger partial charge in [0.1, 0.15) is 13.2 Å². The molecule has 7 heteroatoms. The Bertz CT molecular complexity index is 1060. The zero-order chi connectivity index (χ0) is 24.8. The summed E-state index contributed by atoms with van der Waals surface area (Å²) in [6.07, 6.45) is 4.69. The Morgan fingerprint density at radius 3 is 2.12 bits per heavy atom. The number of carboxylic acids is 1. The van der Waals surface area contributed by atoms with Gasteiger partial charge in [-0.15, -0.1) is 6.42 Å². The molecule has 0 radical (unpaired) electrons. The van der Waals surface area contributed by atoms with Crippen molar-refractivity contribution in [2.24, 2.45) is 11.8 Å². The van der Waals surface area contributed by atoms with Gasteiger partial charge >= 0.3 is 12.1 Å². The molecule has 3 rings (SSSR count). The van der Waals surface area contributed by atoms with Crippen LogP contribution in [0.15, 0.2) is 48.5 Å². The van der Waals surface area contributed by atoms with Crippen molar-refractivity contribution in [1.82, 2.24) is 10.2 Å². The molecule has 2 aromatic rings. The van der Waals surface area contributed by atoms with Crippen LogP contribution >= 0.6 is 0 Å². The Kier molecular flexibility index (Phi) is 7.95. The number of carbonyl (C=O) groups is 3. The first-order valence-electron chi connectivity index (χ1n) is 11.3. The van der Waals surface area contributed by atoms with E-state index in [0.29, 0.717) is 0 Å². The number of ether oxygens (including phenoxy) is 1. The molecule has 0 fully saturated rings. The Hall–Kier alpha value is -3.79. The third-order valence-corrected chi connectivity index (χ3v) is 6.15. The lowest BCUT2D eigenvalue weighted by atomic mass is 9.88. The van der Waals surface area contributed by atoms with Crippen LogP contribution in [0.25, 0.3) is 11.1 Å². The average Bonchev–Trinajstić information content (AvgIpc) is 3.10. The van der Waals surface area contributed by atoms with Gasteiger partial charge in [-0.2, -0.15) is 0 Å². The van der Waals surface area contributed by atoms with E-state index in [1.807, 2.05) is 50.2 Å². The van der Waals surface area contributed by atoms with E-state index in [2.05, 4.69) is 23.4 Å². The molecule has 7 nitrogen and oxygen atoms in total. The number of aliphatic carboxylic acids is 1. The van der Waals surface area contributed by atoms with Crippen LogP contribution in [0, 0.1) is 24.2 Å². The number of rotatable bonds is 9. The predicted octanol–water partition coefficient (Wildman–Crippen LogP) is 3.73. The summed E-state index contributed by atoms with van der Waals surface area (Å²) in [6, 6.07) is 15.5. The van der Waals surface area contributed by atoms with E-state index < -0.39 is 36.5 Å². The number of hydrogen-bond donors (Lipinski definition) is 2. The van der Waals surface area contributed by atoms with Gasteiger partial charge in [0.05, 0.1) is 12.5 Å². The number of amides is 2. The van der Waals surface area contributed by atoms with Gasteiger partial charge in [0.2, 0.25) is 5.91 Å². The van der Waals surface area contributed by atoms with Crippen molar-refractivity contribution in [3.63, 3.8) is 0 Å². The SMILES string of the molecule is C#CCN(CC(=O)O)C(=O)C(C(C)C)C(C)NC(=O)OCC1c2ccccc2-c2ccccc21. The van der Waals surface area contributed by atoms with Gasteiger partial charge in [0.15, 0.2) is 0 Å². The molecule has 0 saturated carbocycles. The fourth-order valence-corrected chi connectivity index (χ4v) is 4.69. The molecule has 0 aromatic heterocycles. The topological polar surface area (TPSA) is 95.9 Å². The van der Waals surface area contributed by atoms with Crippen LogP contribution in [0.5, 0.6) is 0 Å². The minimum Gasteiger partial charge on any atom is -0.480 e. The monoisotopic (exact) mass is 462 g/mol. The van der Waals surface area contributed by atoms with Crippen LogP contribution in [0.2, 0.25) is 0 Å². The summed E-state index contributed by atoms with van der Waals surface area (Å²) in [5.74, 6) is -0.132. The smallest absolute Gasteiger partial charge is 0.407 e. The molecule has 0 spiro atoms. The number of carboxylic acid groups (broad SMARTS) is 1. The van der Waals surface area contributed by atoms with Gasteiger partial charge in [0.25, 0.3) is 0 Å². The van der Waals surface area contributed by atoms with Crippen molar-refractivity contribution >= 4 is 18.0 Å². The third-order valence-electron chi connectivity index (χ3n) is 6.15. The van der Waals surface area contributed by atoms with Crippen LogP contribution in [0.3, 0.4) is 0 Å². The molecule has 0 heterocycles. The minimum absolute atomic E-state index is 0.0716. The van der Waals surface area contributed by atoms with Crippen molar-refractivity contribution in [2.75, 3.05) is 19.7 Å². The van der Waals surface area contributed by atoms with E-state index in [4.69, 9.17) is 16.3 Å². The maximum Gasteiger partial charge on any atom is 0.407 e. The quantitative estimate of drug-likeness (QED) is 0.554. The van der Waals surface area contributed by atoms with E-state index in [1.165, 1.54) is 0 Å². The number of carbonyl (C=O) groups excluding carboxylic acids is 2. The Balaban J connectivity index is 1.67. The first-order chi connectivity index (χ1) is 16.2. The fraction of sp³-hybridized carbons (Fsp3) is 0.370. The molecule has 2 amide bonds. The summed E-state index contributed by atoms with van der Waals surface area (Å²) >= 11 is 0. The molecule has 178 valence electrons. The molecule has 0 aliphatic heterocycles. The Morgan fingerprint density at radius 2 is 1.62 bits per heavy atom. The molecule has 2 atom stereocenters. The summed E-state index contributed by atoms with van der Waals surface area (Å²) in [7, 11) is 0. The standard InChI is InChI=1S/C27H30N2O5/c1-5-14-29(15-24(30)31)26(32)25(17(2)3)18(4)28-27(33)34-16-23-21-12-8-6-10-19(21)20-11-7-9-13-22(20)23/h1,6-13,17-18,23,25H,14-16H2,2-4H3,(H,28,33)(H,30,31). The molecule has 0 saturated heterocycles. The number of benzene rings is 2. The predicted molar refractivity (Wildman–Crippen MR) is 129 cm³/mol. The maximum absolute atomic E-state index is 13.0. The fourth-order valence-electron chi connectivity index (χ4n) is 4.69. The second-order valence-electron chi connectivity index (χ2n) is 8.82. The number of hydrogen-bond acceptors (Lipinski definition) is 4. The summed E-state index contributed by atoms with van der Waals surface area (Å²) in [4.78, 5) is 38.0. The Labute approximate surface area is 200 Å². The van der Waals surface area contributed by atoms with Crippen molar-refractivity contribution in [2.45, 2.75) is 32.7 Å². The van der Waals surface area contributed by atoms with Crippen molar-refractivity contribution in [3.05, 3.63) is 59.7 Å². The zero-order valence-electron chi connectivity index (χ0n) is 19.7. The van der Waals surface area contributed by atoms with Crippen molar-refractivity contribution in [3.8, 4) is 23.5 Å². The highest BCUT2D eigenvalue weighted by Gasteiger charge is 2.34. The van der Waals surface area contributed by atoms with E-state index in [-0.39, 0.29) is 25.0 Å². The van der Waals surface area contributed by atoms with Gasteiger partial charge in [-0.05, 0) is 35.1 Å². The Morgan fingerprint density at radius 1 is 1.06 bits per heavy atom. The largest absolute Gasteiger partial charge is 0.480 e. The number of nitrogens with zero attached hydrogens (tertiary/aromatic N) is 1. The van der Waals surface area contributed by atoms with Gasteiger partial charge in [-0.1, -0.05) is 68.3 Å². The van der Waals surface area contributed by atoms with Crippen LogP contribution in [-0.2, 0) is 14.3 Å². The summed E-state index contributed by atoms with van der Waals surface area (Å²) in [5, 5.41) is 11.9. The summed E-state index contributed by atoms with van der Waals surface area (Å²) in [5.41, 5.74) is 4.49. The van der Waals surface area contributed by atoms with Crippen LogP contribution in [0.4, 0.5) is 4.79 Å². The maximum atomic E-state index is 13.0. The first kappa shape index (κ1) is 24.8. The second kappa shape index (κ2) is 10.9. The first-order valence-corrected chi connectivity index (χ1v) is 11.3. The number of alkyl carbamates (subject to hydrolysis) is 1. The normalized spacial score (nSPS) is 13.9. The molecule has 34 heavy (non-hydrogen) atoms. The van der Waals surface area contributed by atoms with E-state index >= 15 is 0 Å². The summed E-state index contributed by atoms with van der Waals surface area (Å²) in [6.45, 7) is 4.93. The highest BCUT2D eigenvalue weighted by Crippen LogP contribution is 2.44. The highest BCUT2D eigenvalue weighted by molar-refractivity contribution is 5.84. The lowest BCUT2D eigenvalue weighted by molar-refractivity contribution is -0.147. The molecular formula is C27H30N2O5. The van der Waals surface area contributed by atoms with E-state index in [1.54, 1.807) is 6.92 Å². The number of fused-ring (bicyclic) bond motifs is 3. The van der Waals surface area contributed by atoms with E-state index in [9.17, 15) is 14.4 Å². The molecule has 0 bridgehead atoms. The second-order valence-corrected chi connectivity index (χ2v) is 8.82. The van der Waals surface area contributed by atoms with Gasteiger partial charge in [0, 0.05) is 12.0 Å². The van der Waals surface area contributed by atoms with Gasteiger partial charge in [-0.3, -0.25) is 9.59 Å². The highest BCUT2D eigenvalue weighted by atomic mass is 16.5. The molecule has 1 aliphatic carbocycles. The summed E-state index contributed by atoms with van der Waals surface area (Å²) < 4.78 is 5.59. The van der Waals surface area contributed by atoms with Gasteiger partial charge in [-0.25, -0.2) is 4.79 Å². The molecule has 2 unspecified atom stereocenters. The third kappa shape index (κ3) is 5.40. The van der Waals surface area contributed by atoms with Crippen molar-refractivity contribution in [1.29, 1.82) is 0 Å². The number of nitrogens with one attached hydrogen (secondary N) is 1. The molecule has 2 aromatic carbocycles. The lowest BCUT2D eigenvalue weighted by Crippen LogP contribution is -2.50. The average molecular weight is 463 g/mol. The van der Waals surface area contributed by atoms with Crippen LogP contribution in [-0.4, -0.2) is 53.7 Å². The number of terminal acetylenes is 1. The van der Waals surface area contributed by atoms with E-state index in [0.717, 1.165) is 27.2 Å². The molecule has 1 aliphatic rings. The van der Waals surface area contributed by atoms with Gasteiger partial charge < -0.3 is 20.1 Å². The van der Waals surface area contributed by atoms with Crippen LogP contribution < -0.4 is 5.32 Å². The lowest BCUT2D eigenvalue weighted by Gasteiger charge is -2.31. The zero-order valence-corrected chi connectivity index (χ0v) is 19.7. The van der Waals surface area contributed by atoms with Crippen LogP contribution in [0.1, 0.15) is 37.8 Å². The molecule has 2 N–H and O–H groups in total. The molecular weight excluding hydrogens is 432 g/mol. The minimum atomic E-state index is -1.15.